The first-order valence-corrected chi connectivity index (χ1v) is 12.0. The molecule has 4 rings (SSSR count). The maximum atomic E-state index is 12.3. The number of nitrogens with one attached hydrogen (secondary N) is 2. The van der Waals surface area contributed by atoms with Crippen molar-refractivity contribution in [3.8, 4) is 0 Å². The molecule has 164 valence electrons. The van der Waals surface area contributed by atoms with Gasteiger partial charge in [0.25, 0.3) is 0 Å². The summed E-state index contributed by atoms with van der Waals surface area (Å²) in [6.07, 6.45) is 0. The predicted molar refractivity (Wildman–Crippen MR) is 128 cm³/mol. The van der Waals surface area contributed by atoms with Crippen LogP contribution >= 0.6 is 11.8 Å². The minimum atomic E-state index is 0.0932. The van der Waals surface area contributed by atoms with Crippen molar-refractivity contribution in [2.24, 2.45) is 0 Å². The lowest BCUT2D eigenvalue weighted by Gasteiger charge is -2.34. The van der Waals surface area contributed by atoms with Gasteiger partial charge in [-0.2, -0.15) is 0 Å². The second kappa shape index (κ2) is 10.8. The number of aromatic amines is 1. The Morgan fingerprint density at radius 1 is 1.06 bits per heavy atom. The van der Waals surface area contributed by atoms with E-state index in [9.17, 15) is 4.79 Å². The van der Waals surface area contributed by atoms with Crippen LogP contribution in [0.1, 0.15) is 23.6 Å². The molecule has 0 saturated carbocycles. The summed E-state index contributed by atoms with van der Waals surface area (Å²) in [6, 6.07) is 18.7. The molecule has 1 aliphatic rings. The van der Waals surface area contributed by atoms with Gasteiger partial charge in [0.15, 0.2) is 0 Å². The Hall–Kier alpha value is -2.35. The van der Waals surface area contributed by atoms with Gasteiger partial charge in [0, 0.05) is 45.8 Å². The third kappa shape index (κ3) is 6.32. The maximum absolute atomic E-state index is 12.3. The van der Waals surface area contributed by atoms with E-state index in [2.05, 4.69) is 62.3 Å². The molecule has 2 N–H and O–H groups in total. The molecule has 0 bridgehead atoms. The van der Waals surface area contributed by atoms with Crippen LogP contribution in [0.3, 0.4) is 0 Å². The zero-order valence-electron chi connectivity index (χ0n) is 18.1. The summed E-state index contributed by atoms with van der Waals surface area (Å²) in [5, 5.41) is 3.22. The largest absolute Gasteiger partial charge is 0.354 e. The van der Waals surface area contributed by atoms with Crippen LogP contribution in [0.5, 0.6) is 0 Å². The highest BCUT2D eigenvalue weighted by atomic mass is 32.2. The van der Waals surface area contributed by atoms with Crippen LogP contribution in [0.15, 0.2) is 54.6 Å². The Balaban J connectivity index is 1.11. The van der Waals surface area contributed by atoms with E-state index in [1.807, 2.05) is 24.3 Å². The predicted octanol–water partition coefficient (Wildman–Crippen LogP) is 3.29. The third-order valence-electron chi connectivity index (χ3n) is 5.72. The Morgan fingerprint density at radius 3 is 2.55 bits per heavy atom. The lowest BCUT2D eigenvalue weighted by atomic mass is 10.2. The Morgan fingerprint density at radius 2 is 1.77 bits per heavy atom. The first kappa shape index (κ1) is 21.9. The van der Waals surface area contributed by atoms with Crippen molar-refractivity contribution in [3.05, 3.63) is 66.0 Å². The fourth-order valence-electron chi connectivity index (χ4n) is 3.86. The molecule has 0 radical (unpaired) electrons. The number of H-pyrrole nitrogens is 1. The van der Waals surface area contributed by atoms with Crippen molar-refractivity contribution in [1.82, 2.24) is 25.1 Å². The van der Waals surface area contributed by atoms with Gasteiger partial charge in [0.1, 0.15) is 5.82 Å². The molecule has 1 aromatic heterocycles. The highest BCUT2D eigenvalue weighted by Gasteiger charge is 2.17. The number of amides is 1. The minimum absolute atomic E-state index is 0.0932. The van der Waals surface area contributed by atoms with Crippen molar-refractivity contribution >= 4 is 28.7 Å². The standard InChI is InChI=1S/C24H31N5OS/c1-19(24-26-21-9-5-6-10-22(21)27-24)31-18-23(30)25-11-12-28-13-15-29(16-14-28)17-20-7-3-2-4-8-20/h2-10,19H,11-18H2,1H3,(H,25,30)(H,26,27). The van der Waals surface area contributed by atoms with Gasteiger partial charge in [0.05, 0.1) is 22.0 Å². The number of hydrogen-bond acceptors (Lipinski definition) is 5. The Bertz CT molecular complexity index is 935. The summed E-state index contributed by atoms with van der Waals surface area (Å²) in [6.45, 7) is 8.99. The molecule has 1 amide bonds. The van der Waals surface area contributed by atoms with Crippen molar-refractivity contribution in [2.45, 2.75) is 18.7 Å². The number of imidazole rings is 1. The van der Waals surface area contributed by atoms with Crippen LogP contribution in [0.25, 0.3) is 11.0 Å². The van der Waals surface area contributed by atoms with E-state index < -0.39 is 0 Å². The van der Waals surface area contributed by atoms with Crippen LogP contribution in [0, 0.1) is 0 Å². The molecule has 1 atom stereocenters. The normalized spacial score (nSPS) is 16.4. The Labute approximate surface area is 188 Å². The smallest absolute Gasteiger partial charge is 0.230 e. The van der Waals surface area contributed by atoms with Crippen LogP contribution in [-0.2, 0) is 11.3 Å². The van der Waals surface area contributed by atoms with Gasteiger partial charge < -0.3 is 10.3 Å². The van der Waals surface area contributed by atoms with Gasteiger partial charge in [-0.3, -0.25) is 14.6 Å². The first-order valence-electron chi connectivity index (χ1n) is 11.0. The van der Waals surface area contributed by atoms with Gasteiger partial charge in [-0.05, 0) is 24.6 Å². The number of rotatable bonds is 9. The molecule has 6 nitrogen and oxygen atoms in total. The number of carbonyl (C=O) groups excluding carboxylic acids is 1. The van der Waals surface area contributed by atoms with Crippen molar-refractivity contribution < 1.29 is 4.79 Å². The summed E-state index contributed by atoms with van der Waals surface area (Å²) in [4.78, 5) is 25.2. The molecule has 0 spiro atoms. The molecule has 2 aromatic carbocycles. The monoisotopic (exact) mass is 437 g/mol. The number of piperazine rings is 1. The lowest BCUT2D eigenvalue weighted by Crippen LogP contribution is -2.48. The lowest BCUT2D eigenvalue weighted by molar-refractivity contribution is -0.118. The first-order chi connectivity index (χ1) is 15.2. The molecule has 1 unspecified atom stereocenters. The molecule has 31 heavy (non-hydrogen) atoms. The topological polar surface area (TPSA) is 64.3 Å². The number of thioether (sulfide) groups is 1. The number of nitrogens with zero attached hydrogens (tertiary/aromatic N) is 3. The second-order valence-electron chi connectivity index (χ2n) is 8.05. The number of benzene rings is 2. The SMILES string of the molecule is CC(SCC(=O)NCCN1CCN(Cc2ccccc2)CC1)c1nc2ccccc2[nH]1. The average molecular weight is 438 g/mol. The third-order valence-corrected chi connectivity index (χ3v) is 6.87. The van der Waals surface area contributed by atoms with E-state index in [0.29, 0.717) is 12.3 Å². The zero-order valence-corrected chi connectivity index (χ0v) is 18.9. The fraction of sp³-hybridized carbons (Fsp3) is 0.417. The highest BCUT2D eigenvalue weighted by Crippen LogP contribution is 2.27. The van der Waals surface area contributed by atoms with Gasteiger partial charge in [-0.15, -0.1) is 11.8 Å². The summed E-state index contributed by atoms with van der Waals surface area (Å²) >= 11 is 1.61. The summed E-state index contributed by atoms with van der Waals surface area (Å²) in [7, 11) is 0. The summed E-state index contributed by atoms with van der Waals surface area (Å²) in [5.74, 6) is 1.46. The number of aromatic nitrogens is 2. The van der Waals surface area contributed by atoms with Crippen molar-refractivity contribution in [1.29, 1.82) is 0 Å². The number of fused-ring (bicyclic) bond motifs is 1. The fourth-order valence-corrected chi connectivity index (χ4v) is 4.63. The molecule has 1 saturated heterocycles. The molecular weight excluding hydrogens is 406 g/mol. The van der Waals surface area contributed by atoms with Gasteiger partial charge >= 0.3 is 0 Å². The second-order valence-corrected chi connectivity index (χ2v) is 9.37. The zero-order chi connectivity index (χ0) is 21.5. The van der Waals surface area contributed by atoms with Gasteiger partial charge in [-0.1, -0.05) is 42.5 Å². The van der Waals surface area contributed by atoms with Crippen molar-refractivity contribution in [3.63, 3.8) is 0 Å². The van der Waals surface area contributed by atoms with Crippen LogP contribution in [0.4, 0.5) is 0 Å². The van der Waals surface area contributed by atoms with Crippen LogP contribution < -0.4 is 5.32 Å². The highest BCUT2D eigenvalue weighted by molar-refractivity contribution is 8.00. The van der Waals surface area contributed by atoms with Crippen LogP contribution in [0.2, 0.25) is 0 Å². The average Bonchev–Trinajstić information content (AvgIpc) is 3.24. The summed E-state index contributed by atoms with van der Waals surface area (Å²) < 4.78 is 0. The van der Waals surface area contributed by atoms with Gasteiger partial charge in [-0.25, -0.2) is 4.98 Å². The Kier molecular flexibility index (Phi) is 7.61. The van der Waals surface area contributed by atoms with E-state index in [4.69, 9.17) is 0 Å². The molecule has 1 fully saturated rings. The number of para-hydroxylation sites is 2. The van der Waals surface area contributed by atoms with Crippen molar-refractivity contribution in [2.75, 3.05) is 45.0 Å². The number of carbonyl (C=O) groups is 1. The quantitative estimate of drug-likeness (QED) is 0.538. The van der Waals surface area contributed by atoms with Crippen LogP contribution in [-0.4, -0.2) is 70.7 Å². The molecule has 0 aliphatic carbocycles. The molecule has 2 heterocycles. The van der Waals surface area contributed by atoms with E-state index in [-0.39, 0.29) is 11.2 Å². The molecule has 7 heteroatoms. The minimum Gasteiger partial charge on any atom is -0.354 e. The number of hydrogen-bond donors (Lipinski definition) is 2. The van der Waals surface area contributed by atoms with E-state index in [1.165, 1.54) is 5.56 Å². The summed E-state index contributed by atoms with van der Waals surface area (Å²) in [5.41, 5.74) is 3.38. The van der Waals surface area contributed by atoms with Gasteiger partial charge in [0.2, 0.25) is 5.91 Å². The maximum Gasteiger partial charge on any atom is 0.230 e. The van der Waals surface area contributed by atoms with E-state index >= 15 is 0 Å². The molecule has 3 aromatic rings. The molecular formula is C24H31N5OS. The molecule has 1 aliphatic heterocycles. The van der Waals surface area contributed by atoms with E-state index in [0.717, 1.165) is 56.1 Å². The van der Waals surface area contributed by atoms with E-state index in [1.54, 1.807) is 11.8 Å².